The number of ether oxygens (including phenoxy) is 2. The van der Waals surface area contributed by atoms with E-state index >= 15 is 0 Å². The highest BCUT2D eigenvalue weighted by Gasteiger charge is 2.39. The summed E-state index contributed by atoms with van der Waals surface area (Å²) >= 11 is 0. The molecule has 1 fully saturated rings. The number of aromatic nitrogens is 2. The fraction of sp³-hybridized carbons (Fsp3) is 0.200. The molecule has 0 unspecified atom stereocenters. The van der Waals surface area contributed by atoms with Gasteiger partial charge in [-0.15, -0.1) is 0 Å². The molecule has 6 aromatic rings. The number of nitrogens with one attached hydrogen (secondary N) is 1. The Labute approximate surface area is 295 Å². The van der Waals surface area contributed by atoms with Crippen molar-refractivity contribution in [2.24, 2.45) is 5.92 Å². The molecule has 7 rings (SSSR count). The zero-order chi connectivity index (χ0) is 36.5. The van der Waals surface area contributed by atoms with E-state index in [1.807, 2.05) is 85.2 Å². The van der Waals surface area contributed by atoms with Gasteiger partial charge in [-0.3, -0.25) is 4.79 Å². The average Bonchev–Trinajstić information content (AvgIpc) is 3.59. The lowest BCUT2D eigenvalue weighted by atomic mass is 9.90. The lowest BCUT2D eigenvalue weighted by Crippen LogP contribution is -2.39. The van der Waals surface area contributed by atoms with Crippen LogP contribution in [0.15, 0.2) is 103 Å². The number of imidazole rings is 1. The highest BCUT2D eigenvalue weighted by molar-refractivity contribution is 5.94. The largest absolute Gasteiger partial charge is 0.392 e. The molecule has 1 aliphatic rings. The molecule has 1 aromatic heterocycles. The van der Waals surface area contributed by atoms with Crippen molar-refractivity contribution < 1.29 is 41.3 Å². The number of aliphatic hydroxyl groups is 1. The second-order valence-corrected chi connectivity index (χ2v) is 12.7. The van der Waals surface area contributed by atoms with Crippen molar-refractivity contribution in [1.29, 1.82) is 0 Å². The molecule has 52 heavy (non-hydrogen) atoms. The van der Waals surface area contributed by atoms with E-state index in [1.54, 1.807) is 18.2 Å². The number of hydrogen-bond acceptors (Lipinski definition) is 5. The van der Waals surface area contributed by atoms with E-state index in [2.05, 4.69) is 21.8 Å². The zero-order valence-corrected chi connectivity index (χ0v) is 27.7. The van der Waals surface area contributed by atoms with Gasteiger partial charge in [0, 0.05) is 18.0 Å². The van der Waals surface area contributed by atoms with Gasteiger partial charge in [0.25, 0.3) is 5.91 Å². The maximum absolute atomic E-state index is 14.1. The molecule has 4 atom stereocenters. The minimum Gasteiger partial charge on any atom is -0.392 e. The van der Waals surface area contributed by atoms with Crippen molar-refractivity contribution in [2.45, 2.75) is 45.1 Å². The maximum Gasteiger partial charge on any atom is 0.257 e. The molecular weight excluding hydrogens is 681 g/mol. The number of benzene rings is 5. The Kier molecular flexibility index (Phi) is 9.87. The number of halogens is 5. The first-order chi connectivity index (χ1) is 25.1. The zero-order valence-electron chi connectivity index (χ0n) is 27.7. The standard InChI is InChI=1S/C40H32F5N3O4/c1-22-31(19-48-21-47-29-7-2-3-8-30(29)48)51-40(52-38(22)26-11-9-23(20-49)10-12-26)27-15-13-25(14-16-27)28-6-4-5-24(17-28)18-46-39(50)32-33(41)35(43)37(45)36(44)34(32)42/h2-17,21-22,31,38,40,49H,18-20H2,1H3,(H,46,50)/t22-,31+,38+,40+/m0/s1. The van der Waals surface area contributed by atoms with Crippen LogP contribution in [0.3, 0.4) is 0 Å². The Balaban J connectivity index is 1.10. The lowest BCUT2D eigenvalue weighted by molar-refractivity contribution is -0.276. The molecule has 0 aliphatic carbocycles. The summed E-state index contributed by atoms with van der Waals surface area (Å²) in [5.41, 5.74) is 4.95. The number of carbonyl (C=O) groups excluding carboxylic acids is 1. The predicted molar refractivity (Wildman–Crippen MR) is 182 cm³/mol. The van der Waals surface area contributed by atoms with Gasteiger partial charge in [0.1, 0.15) is 5.56 Å². The predicted octanol–water partition coefficient (Wildman–Crippen LogP) is 8.31. The highest BCUT2D eigenvalue weighted by atomic mass is 19.2. The smallest absolute Gasteiger partial charge is 0.257 e. The molecule has 2 N–H and O–H groups in total. The fourth-order valence-corrected chi connectivity index (χ4v) is 6.45. The molecule has 1 aliphatic heterocycles. The van der Waals surface area contributed by atoms with Gasteiger partial charge < -0.3 is 24.5 Å². The van der Waals surface area contributed by atoms with Crippen molar-refractivity contribution in [3.8, 4) is 11.1 Å². The van der Waals surface area contributed by atoms with Crippen molar-refractivity contribution in [2.75, 3.05) is 0 Å². The number of para-hydroxylation sites is 2. The molecule has 0 saturated carbocycles. The van der Waals surface area contributed by atoms with Gasteiger partial charge in [-0.2, -0.15) is 0 Å². The van der Waals surface area contributed by atoms with E-state index in [-0.39, 0.29) is 31.3 Å². The molecule has 1 amide bonds. The van der Waals surface area contributed by atoms with Crippen LogP contribution in [0.4, 0.5) is 22.0 Å². The number of amides is 1. The summed E-state index contributed by atoms with van der Waals surface area (Å²) in [6.07, 6.45) is 0.526. The van der Waals surface area contributed by atoms with Gasteiger partial charge in [-0.1, -0.05) is 85.8 Å². The summed E-state index contributed by atoms with van der Waals surface area (Å²) in [6, 6.07) is 30.1. The van der Waals surface area contributed by atoms with Crippen molar-refractivity contribution in [1.82, 2.24) is 14.9 Å². The van der Waals surface area contributed by atoms with E-state index in [0.717, 1.165) is 38.9 Å². The van der Waals surface area contributed by atoms with Crippen LogP contribution >= 0.6 is 0 Å². The molecule has 0 radical (unpaired) electrons. The summed E-state index contributed by atoms with van der Waals surface area (Å²) in [7, 11) is 0. The quantitative estimate of drug-likeness (QED) is 0.0895. The Bertz CT molecular complexity index is 2210. The van der Waals surface area contributed by atoms with Crippen molar-refractivity contribution in [3.05, 3.63) is 160 Å². The van der Waals surface area contributed by atoms with E-state index in [1.165, 1.54) is 0 Å². The maximum atomic E-state index is 14.1. The van der Waals surface area contributed by atoms with Crippen molar-refractivity contribution >= 4 is 16.9 Å². The summed E-state index contributed by atoms with van der Waals surface area (Å²) in [4.78, 5) is 17.0. The molecule has 266 valence electrons. The van der Waals surface area contributed by atoms with Gasteiger partial charge >= 0.3 is 0 Å². The minimum absolute atomic E-state index is 0.0472. The molecule has 12 heteroatoms. The summed E-state index contributed by atoms with van der Waals surface area (Å²) in [5.74, 6) is -12.6. The fourth-order valence-electron chi connectivity index (χ4n) is 6.45. The third-order valence-corrected chi connectivity index (χ3v) is 9.36. The SMILES string of the molecule is C[C@H]1[C@@H](Cn2cnc3ccccc32)O[C@@H](c2ccc(-c3cccc(CNC(=O)c4c(F)c(F)c(F)c(F)c4F)c3)cc2)O[C@H]1c1ccc(CO)cc1. The third-order valence-electron chi connectivity index (χ3n) is 9.36. The Hall–Kier alpha value is -5.43. The van der Waals surface area contributed by atoms with E-state index in [0.29, 0.717) is 12.1 Å². The normalized spacial score (nSPS) is 18.8. The van der Waals surface area contributed by atoms with Crippen LogP contribution in [0.2, 0.25) is 0 Å². The van der Waals surface area contributed by atoms with Gasteiger partial charge in [0.15, 0.2) is 29.6 Å². The third kappa shape index (κ3) is 6.80. The first-order valence-corrected chi connectivity index (χ1v) is 16.5. The number of hydrogen-bond donors (Lipinski definition) is 2. The van der Waals surface area contributed by atoms with Crippen LogP contribution in [-0.4, -0.2) is 26.7 Å². The first-order valence-electron chi connectivity index (χ1n) is 16.5. The van der Waals surface area contributed by atoms with Gasteiger partial charge in [-0.25, -0.2) is 26.9 Å². The highest BCUT2D eigenvalue weighted by Crippen LogP contribution is 2.42. The van der Waals surface area contributed by atoms with Crippen molar-refractivity contribution in [3.63, 3.8) is 0 Å². The minimum atomic E-state index is -2.34. The molecule has 5 aromatic carbocycles. The topological polar surface area (TPSA) is 85.6 Å². The summed E-state index contributed by atoms with van der Waals surface area (Å²) in [5, 5.41) is 11.8. The van der Waals surface area contributed by atoms with Crippen LogP contribution in [-0.2, 0) is 29.2 Å². The molecule has 0 spiro atoms. The Morgan fingerprint density at radius 2 is 1.44 bits per heavy atom. The first kappa shape index (κ1) is 35.0. The van der Waals surface area contributed by atoms with Crippen LogP contribution in [0.5, 0.6) is 0 Å². The number of nitrogens with zero attached hydrogens (tertiary/aromatic N) is 2. The van der Waals surface area contributed by atoms with E-state index < -0.39 is 46.8 Å². The van der Waals surface area contributed by atoms with Gasteiger partial charge in [0.05, 0.1) is 42.7 Å². The second kappa shape index (κ2) is 14.7. The summed E-state index contributed by atoms with van der Waals surface area (Å²) in [6.45, 7) is 2.33. The van der Waals surface area contributed by atoms with Crippen LogP contribution < -0.4 is 5.32 Å². The number of carbonyl (C=O) groups is 1. The Morgan fingerprint density at radius 1 is 0.769 bits per heavy atom. The molecule has 7 nitrogen and oxygen atoms in total. The molecule has 1 saturated heterocycles. The number of rotatable bonds is 9. The number of aliphatic hydroxyl groups excluding tert-OH is 1. The second-order valence-electron chi connectivity index (χ2n) is 12.7. The molecule has 0 bridgehead atoms. The van der Waals surface area contributed by atoms with Crippen LogP contribution in [0.25, 0.3) is 22.2 Å². The molecule has 2 heterocycles. The monoisotopic (exact) mass is 713 g/mol. The number of fused-ring (bicyclic) bond motifs is 1. The lowest BCUT2D eigenvalue weighted by Gasteiger charge is -2.41. The van der Waals surface area contributed by atoms with E-state index in [9.17, 15) is 31.9 Å². The van der Waals surface area contributed by atoms with Crippen LogP contribution in [0.1, 0.15) is 51.9 Å². The van der Waals surface area contributed by atoms with E-state index in [4.69, 9.17) is 9.47 Å². The van der Waals surface area contributed by atoms with Gasteiger partial charge in [-0.05, 0) is 46.0 Å². The molecular formula is C40H32F5N3O4. The Morgan fingerprint density at radius 3 is 2.15 bits per heavy atom. The summed E-state index contributed by atoms with van der Waals surface area (Å²) < 4.78 is 84.3. The van der Waals surface area contributed by atoms with Gasteiger partial charge in [0.2, 0.25) is 5.82 Å². The van der Waals surface area contributed by atoms with Crippen LogP contribution in [0, 0.1) is 35.0 Å². The average molecular weight is 714 g/mol.